The van der Waals surface area contributed by atoms with Crippen LogP contribution in [0.4, 0.5) is 0 Å². The Labute approximate surface area is 108 Å². The maximum atomic E-state index is 9.21. The molecule has 0 aromatic heterocycles. The zero-order valence-electron chi connectivity index (χ0n) is 10.4. The van der Waals surface area contributed by atoms with E-state index in [4.69, 9.17) is 0 Å². The largest absolute Gasteiger partial charge is 0.294 e. The fourth-order valence-corrected chi connectivity index (χ4v) is 1.81. The molecule has 18 heavy (non-hydrogen) atoms. The summed E-state index contributed by atoms with van der Waals surface area (Å²) in [5.41, 5.74) is 3.40. The van der Waals surface area contributed by atoms with Crippen LogP contribution in [0.2, 0.25) is 0 Å². The molecule has 1 atom stereocenters. The van der Waals surface area contributed by atoms with Crippen molar-refractivity contribution in [1.29, 1.82) is 5.26 Å². The van der Waals surface area contributed by atoms with E-state index in [2.05, 4.69) is 23.5 Å². The second-order valence-corrected chi connectivity index (χ2v) is 4.34. The van der Waals surface area contributed by atoms with E-state index in [0.717, 1.165) is 5.56 Å². The van der Waals surface area contributed by atoms with Crippen molar-refractivity contribution in [2.45, 2.75) is 19.5 Å². The first-order chi connectivity index (χ1) is 8.79. The molecule has 2 heteroatoms. The van der Waals surface area contributed by atoms with Crippen LogP contribution in [0.25, 0.3) is 0 Å². The lowest BCUT2D eigenvalue weighted by atomic mass is 10.1. The van der Waals surface area contributed by atoms with E-state index in [1.54, 1.807) is 0 Å². The Morgan fingerprint density at radius 1 is 1.06 bits per heavy atom. The highest BCUT2D eigenvalue weighted by atomic mass is 14.9. The van der Waals surface area contributed by atoms with Crippen LogP contribution in [0.15, 0.2) is 54.6 Å². The maximum absolute atomic E-state index is 9.21. The lowest BCUT2D eigenvalue weighted by Gasteiger charge is -2.12. The SMILES string of the molecule is Cc1ccc([C@H](C#N)NCc2ccccc2)cc1. The third-order valence-electron chi connectivity index (χ3n) is 2.89. The Morgan fingerprint density at radius 2 is 1.72 bits per heavy atom. The molecule has 0 saturated carbocycles. The predicted molar refractivity (Wildman–Crippen MR) is 72.8 cm³/mol. The van der Waals surface area contributed by atoms with Gasteiger partial charge in [0.05, 0.1) is 6.07 Å². The van der Waals surface area contributed by atoms with Crippen molar-refractivity contribution in [3.8, 4) is 6.07 Å². The van der Waals surface area contributed by atoms with Crippen LogP contribution in [-0.2, 0) is 6.54 Å². The van der Waals surface area contributed by atoms with Gasteiger partial charge < -0.3 is 0 Å². The fourth-order valence-electron chi connectivity index (χ4n) is 1.81. The monoisotopic (exact) mass is 236 g/mol. The summed E-state index contributed by atoms with van der Waals surface area (Å²) >= 11 is 0. The molecular formula is C16H16N2. The molecule has 0 bridgehead atoms. The minimum Gasteiger partial charge on any atom is -0.294 e. The summed E-state index contributed by atoms with van der Waals surface area (Å²) in [5.74, 6) is 0. The molecule has 0 radical (unpaired) electrons. The molecule has 0 heterocycles. The third kappa shape index (κ3) is 3.19. The van der Waals surface area contributed by atoms with Gasteiger partial charge in [0.1, 0.15) is 6.04 Å². The second-order valence-electron chi connectivity index (χ2n) is 4.34. The first-order valence-electron chi connectivity index (χ1n) is 6.03. The third-order valence-corrected chi connectivity index (χ3v) is 2.89. The molecule has 0 saturated heterocycles. The topological polar surface area (TPSA) is 35.8 Å². The van der Waals surface area contributed by atoms with Gasteiger partial charge >= 0.3 is 0 Å². The summed E-state index contributed by atoms with van der Waals surface area (Å²) in [6.45, 7) is 2.75. The number of nitrogens with zero attached hydrogens (tertiary/aromatic N) is 1. The van der Waals surface area contributed by atoms with Crippen molar-refractivity contribution in [2.75, 3.05) is 0 Å². The zero-order chi connectivity index (χ0) is 12.8. The van der Waals surface area contributed by atoms with E-state index < -0.39 is 0 Å². The second kappa shape index (κ2) is 6.00. The van der Waals surface area contributed by atoms with Gasteiger partial charge in [-0.05, 0) is 18.1 Å². The quantitative estimate of drug-likeness (QED) is 0.883. The summed E-state index contributed by atoms with van der Waals surface area (Å²) in [6, 6.07) is 20.2. The van der Waals surface area contributed by atoms with E-state index in [9.17, 15) is 5.26 Å². The van der Waals surface area contributed by atoms with Crippen LogP contribution in [-0.4, -0.2) is 0 Å². The first kappa shape index (κ1) is 12.3. The Balaban J connectivity index is 2.02. The van der Waals surface area contributed by atoms with Crippen LogP contribution < -0.4 is 5.32 Å². The van der Waals surface area contributed by atoms with Gasteiger partial charge in [-0.25, -0.2) is 0 Å². The van der Waals surface area contributed by atoms with Crippen LogP contribution in [0.3, 0.4) is 0 Å². The minimum absolute atomic E-state index is 0.259. The standard InChI is InChI=1S/C16H16N2/c1-13-7-9-15(10-8-13)16(11-17)18-12-14-5-3-2-4-6-14/h2-10,16,18H,12H2,1H3/t16-/m0/s1. The van der Waals surface area contributed by atoms with Gasteiger partial charge in [0.2, 0.25) is 0 Å². The predicted octanol–water partition coefficient (Wildman–Crippen LogP) is 3.35. The lowest BCUT2D eigenvalue weighted by molar-refractivity contribution is 0.630. The zero-order valence-corrected chi connectivity index (χ0v) is 10.4. The highest BCUT2D eigenvalue weighted by molar-refractivity contribution is 5.28. The normalized spacial score (nSPS) is 11.8. The Morgan fingerprint density at radius 3 is 2.33 bits per heavy atom. The van der Waals surface area contributed by atoms with Crippen molar-refractivity contribution in [3.05, 3.63) is 71.3 Å². The van der Waals surface area contributed by atoms with Crippen molar-refractivity contribution in [3.63, 3.8) is 0 Å². The van der Waals surface area contributed by atoms with E-state index >= 15 is 0 Å². The molecule has 2 aromatic rings. The molecule has 0 unspecified atom stereocenters. The van der Waals surface area contributed by atoms with Crippen molar-refractivity contribution in [2.24, 2.45) is 0 Å². The molecular weight excluding hydrogens is 220 g/mol. The van der Waals surface area contributed by atoms with E-state index in [0.29, 0.717) is 6.54 Å². The highest BCUT2D eigenvalue weighted by Crippen LogP contribution is 2.13. The Hall–Kier alpha value is -2.11. The molecule has 0 spiro atoms. The van der Waals surface area contributed by atoms with Crippen LogP contribution in [0.1, 0.15) is 22.7 Å². The van der Waals surface area contributed by atoms with Gasteiger partial charge in [0.25, 0.3) is 0 Å². The smallest absolute Gasteiger partial charge is 0.121 e. The lowest BCUT2D eigenvalue weighted by Crippen LogP contribution is -2.19. The molecule has 2 aromatic carbocycles. The number of nitrogens with one attached hydrogen (secondary N) is 1. The highest BCUT2D eigenvalue weighted by Gasteiger charge is 2.08. The molecule has 0 aliphatic carbocycles. The Kier molecular flexibility index (Phi) is 4.11. The van der Waals surface area contributed by atoms with Crippen LogP contribution >= 0.6 is 0 Å². The number of rotatable bonds is 4. The minimum atomic E-state index is -0.259. The summed E-state index contributed by atoms with van der Waals surface area (Å²) in [4.78, 5) is 0. The molecule has 1 N–H and O–H groups in total. The van der Waals surface area contributed by atoms with E-state index in [-0.39, 0.29) is 6.04 Å². The van der Waals surface area contributed by atoms with Gasteiger partial charge in [-0.3, -0.25) is 5.32 Å². The van der Waals surface area contributed by atoms with Gasteiger partial charge in [0.15, 0.2) is 0 Å². The van der Waals surface area contributed by atoms with Crippen molar-refractivity contribution < 1.29 is 0 Å². The number of nitriles is 1. The number of benzene rings is 2. The summed E-state index contributed by atoms with van der Waals surface area (Å²) in [5, 5.41) is 12.5. The summed E-state index contributed by atoms with van der Waals surface area (Å²) in [7, 11) is 0. The molecule has 0 aliphatic rings. The molecule has 2 nitrogen and oxygen atoms in total. The van der Waals surface area contributed by atoms with Crippen LogP contribution in [0.5, 0.6) is 0 Å². The average Bonchev–Trinajstić information content (AvgIpc) is 2.42. The molecule has 2 rings (SSSR count). The number of hydrogen-bond acceptors (Lipinski definition) is 2. The molecule has 0 fully saturated rings. The maximum Gasteiger partial charge on any atom is 0.121 e. The van der Waals surface area contributed by atoms with Crippen LogP contribution in [0, 0.1) is 18.3 Å². The Bertz CT molecular complexity index is 523. The van der Waals surface area contributed by atoms with E-state index in [1.165, 1.54) is 11.1 Å². The van der Waals surface area contributed by atoms with Crippen molar-refractivity contribution in [1.82, 2.24) is 5.32 Å². The van der Waals surface area contributed by atoms with Gasteiger partial charge in [-0.1, -0.05) is 60.2 Å². The van der Waals surface area contributed by atoms with Gasteiger partial charge in [-0.15, -0.1) is 0 Å². The van der Waals surface area contributed by atoms with Crippen molar-refractivity contribution >= 4 is 0 Å². The molecule has 90 valence electrons. The van der Waals surface area contributed by atoms with Gasteiger partial charge in [0, 0.05) is 6.54 Å². The number of aryl methyl sites for hydroxylation is 1. The van der Waals surface area contributed by atoms with Gasteiger partial charge in [-0.2, -0.15) is 5.26 Å². The average molecular weight is 236 g/mol. The van der Waals surface area contributed by atoms with E-state index in [1.807, 2.05) is 49.4 Å². The summed E-state index contributed by atoms with van der Waals surface area (Å²) < 4.78 is 0. The number of hydrogen-bond donors (Lipinski definition) is 1. The molecule has 0 aliphatic heterocycles. The first-order valence-corrected chi connectivity index (χ1v) is 6.03. The molecule has 0 amide bonds. The fraction of sp³-hybridized carbons (Fsp3) is 0.188. The summed E-state index contributed by atoms with van der Waals surface area (Å²) in [6.07, 6.45) is 0.